The van der Waals surface area contributed by atoms with E-state index >= 15 is 0 Å². The lowest BCUT2D eigenvalue weighted by molar-refractivity contribution is -0.129. The number of carbonyl (C=O) groups excluding carboxylic acids is 1. The van der Waals surface area contributed by atoms with E-state index in [1.807, 2.05) is 0 Å². The van der Waals surface area contributed by atoms with Gasteiger partial charge in [0.2, 0.25) is 5.91 Å². The molecular weight excluding hydrogens is 200 g/mol. The second-order valence-electron chi connectivity index (χ2n) is 5.85. The predicted molar refractivity (Wildman–Crippen MR) is 61.5 cm³/mol. The monoisotopic (exact) mass is 220 g/mol. The van der Waals surface area contributed by atoms with Crippen molar-refractivity contribution in [3.05, 3.63) is 0 Å². The van der Waals surface area contributed by atoms with Crippen molar-refractivity contribution in [1.82, 2.24) is 5.32 Å². The second-order valence-corrected chi connectivity index (χ2v) is 5.85. The zero-order valence-electron chi connectivity index (χ0n) is 10.2. The average Bonchev–Trinajstić information content (AvgIpc) is 2.97. The maximum Gasteiger partial charge on any atom is 0.240 e. The minimum atomic E-state index is -0.730. The molecule has 2 rings (SSSR count). The zero-order chi connectivity index (χ0) is 11.8. The molecule has 0 bridgehead atoms. The smallest absolute Gasteiger partial charge is 0.240 e. The van der Waals surface area contributed by atoms with Crippen LogP contribution >= 0.6 is 0 Å². The van der Waals surface area contributed by atoms with Crippen LogP contribution in [0, 0.1) is 22.7 Å². The molecule has 0 aromatic rings. The van der Waals surface area contributed by atoms with Gasteiger partial charge in [0.1, 0.15) is 5.41 Å². The molecular formula is C13H20N2O. The lowest BCUT2D eigenvalue weighted by atomic mass is 9.85. The molecule has 2 aliphatic rings. The summed E-state index contributed by atoms with van der Waals surface area (Å²) in [5, 5.41) is 12.3. The van der Waals surface area contributed by atoms with E-state index in [1.165, 1.54) is 12.8 Å². The summed E-state index contributed by atoms with van der Waals surface area (Å²) in [5.74, 6) is 0.568. The third kappa shape index (κ3) is 1.93. The van der Waals surface area contributed by atoms with Crippen LogP contribution in [0.5, 0.6) is 0 Å². The van der Waals surface area contributed by atoms with Crippen LogP contribution in [-0.4, -0.2) is 11.4 Å². The van der Waals surface area contributed by atoms with Crippen molar-refractivity contribution >= 4 is 5.91 Å². The summed E-state index contributed by atoms with van der Waals surface area (Å²) in [5.41, 5.74) is -0.865. The molecule has 0 aliphatic heterocycles. The minimum Gasteiger partial charge on any atom is -0.350 e. The van der Waals surface area contributed by atoms with E-state index in [-0.39, 0.29) is 11.4 Å². The van der Waals surface area contributed by atoms with Crippen molar-refractivity contribution in [3.8, 4) is 6.07 Å². The topological polar surface area (TPSA) is 52.9 Å². The van der Waals surface area contributed by atoms with Gasteiger partial charge in [-0.15, -0.1) is 0 Å². The fourth-order valence-electron chi connectivity index (χ4n) is 2.69. The molecule has 2 aliphatic carbocycles. The fourth-order valence-corrected chi connectivity index (χ4v) is 2.69. The van der Waals surface area contributed by atoms with Gasteiger partial charge in [0.15, 0.2) is 0 Å². The second kappa shape index (κ2) is 3.76. The zero-order valence-corrected chi connectivity index (χ0v) is 10.2. The fraction of sp³-hybridized carbons (Fsp3) is 0.846. The Morgan fingerprint density at radius 1 is 1.38 bits per heavy atom. The maximum atomic E-state index is 12.2. The summed E-state index contributed by atoms with van der Waals surface area (Å²) in [6.45, 7) is 4.14. The van der Waals surface area contributed by atoms with Gasteiger partial charge < -0.3 is 5.32 Å². The molecule has 0 radical (unpaired) electrons. The Bertz CT molecular complexity index is 330. The average molecular weight is 220 g/mol. The van der Waals surface area contributed by atoms with Gasteiger partial charge in [-0.2, -0.15) is 5.26 Å². The number of nitriles is 1. The Morgan fingerprint density at radius 2 is 1.94 bits per heavy atom. The van der Waals surface area contributed by atoms with Gasteiger partial charge in [0.05, 0.1) is 6.07 Å². The lowest BCUT2D eigenvalue weighted by Crippen LogP contribution is -2.50. The summed E-state index contributed by atoms with van der Waals surface area (Å²) in [7, 11) is 0. The molecule has 0 saturated heterocycles. The normalized spacial score (nSPS) is 23.8. The summed E-state index contributed by atoms with van der Waals surface area (Å²) in [6, 6.07) is 2.25. The van der Waals surface area contributed by atoms with E-state index in [0.29, 0.717) is 5.92 Å². The Balaban J connectivity index is 2.04. The molecule has 0 spiro atoms. The molecule has 0 aromatic carbocycles. The number of nitrogens with one attached hydrogen (secondary N) is 1. The first-order valence-corrected chi connectivity index (χ1v) is 6.24. The summed E-state index contributed by atoms with van der Waals surface area (Å²) >= 11 is 0. The van der Waals surface area contributed by atoms with E-state index in [1.54, 1.807) is 0 Å². The molecule has 88 valence electrons. The highest BCUT2D eigenvalue weighted by atomic mass is 16.2. The van der Waals surface area contributed by atoms with Gasteiger partial charge >= 0.3 is 0 Å². The van der Waals surface area contributed by atoms with Crippen LogP contribution in [0.25, 0.3) is 0 Å². The van der Waals surface area contributed by atoms with Crippen LogP contribution in [-0.2, 0) is 4.79 Å². The van der Waals surface area contributed by atoms with Gasteiger partial charge in [-0.05, 0) is 45.4 Å². The first-order valence-electron chi connectivity index (χ1n) is 6.24. The van der Waals surface area contributed by atoms with Crippen molar-refractivity contribution in [2.45, 2.75) is 57.9 Å². The van der Waals surface area contributed by atoms with Gasteiger partial charge in [0, 0.05) is 5.54 Å². The quantitative estimate of drug-likeness (QED) is 0.794. The number of carbonyl (C=O) groups is 1. The van der Waals surface area contributed by atoms with E-state index < -0.39 is 5.41 Å². The summed E-state index contributed by atoms with van der Waals surface area (Å²) in [4.78, 5) is 12.2. The molecule has 2 fully saturated rings. The highest BCUT2D eigenvalue weighted by molar-refractivity contribution is 5.86. The van der Waals surface area contributed by atoms with Crippen LogP contribution in [0.4, 0.5) is 0 Å². The molecule has 1 N–H and O–H groups in total. The number of nitrogens with zero attached hydrogens (tertiary/aromatic N) is 1. The van der Waals surface area contributed by atoms with Gasteiger partial charge in [-0.3, -0.25) is 4.79 Å². The number of hydrogen-bond donors (Lipinski definition) is 1. The highest BCUT2D eigenvalue weighted by Gasteiger charge is 2.46. The summed E-state index contributed by atoms with van der Waals surface area (Å²) in [6.07, 6.45) is 5.88. The Kier molecular flexibility index (Phi) is 2.69. The Labute approximate surface area is 97.2 Å². The van der Waals surface area contributed by atoms with Crippen LogP contribution < -0.4 is 5.32 Å². The largest absolute Gasteiger partial charge is 0.350 e. The molecule has 0 atom stereocenters. The standard InChI is InChI=1S/C13H20N2O/c1-12(2,10-5-6-10)15-11(16)13(9-14)7-3-4-8-13/h10H,3-8H2,1-2H3,(H,15,16). The van der Waals surface area contributed by atoms with Crippen LogP contribution in [0.1, 0.15) is 52.4 Å². The van der Waals surface area contributed by atoms with E-state index in [9.17, 15) is 10.1 Å². The van der Waals surface area contributed by atoms with Crippen LogP contribution in [0.3, 0.4) is 0 Å². The number of rotatable bonds is 3. The lowest BCUT2D eigenvalue weighted by Gasteiger charge is -2.30. The third-order valence-electron chi connectivity index (χ3n) is 4.14. The molecule has 0 aromatic heterocycles. The molecule has 3 nitrogen and oxygen atoms in total. The SMILES string of the molecule is CC(C)(NC(=O)C1(C#N)CCCC1)C1CC1. The van der Waals surface area contributed by atoms with Gasteiger partial charge in [-0.25, -0.2) is 0 Å². The van der Waals surface area contributed by atoms with Gasteiger partial charge in [0.25, 0.3) is 0 Å². The van der Waals surface area contributed by atoms with Crippen LogP contribution in [0.2, 0.25) is 0 Å². The van der Waals surface area contributed by atoms with E-state index in [0.717, 1.165) is 25.7 Å². The van der Waals surface area contributed by atoms with Crippen molar-refractivity contribution in [2.24, 2.45) is 11.3 Å². The molecule has 2 saturated carbocycles. The van der Waals surface area contributed by atoms with Crippen molar-refractivity contribution in [3.63, 3.8) is 0 Å². The molecule has 0 unspecified atom stereocenters. The predicted octanol–water partition coefficient (Wildman–Crippen LogP) is 2.38. The van der Waals surface area contributed by atoms with Gasteiger partial charge in [-0.1, -0.05) is 12.8 Å². The third-order valence-corrected chi connectivity index (χ3v) is 4.14. The maximum absolute atomic E-state index is 12.2. The molecule has 0 heterocycles. The highest BCUT2D eigenvalue weighted by Crippen LogP contribution is 2.42. The van der Waals surface area contributed by atoms with Crippen LogP contribution in [0.15, 0.2) is 0 Å². The number of amides is 1. The molecule has 3 heteroatoms. The first kappa shape index (κ1) is 11.4. The van der Waals surface area contributed by atoms with E-state index in [2.05, 4.69) is 25.2 Å². The van der Waals surface area contributed by atoms with Crippen molar-refractivity contribution in [2.75, 3.05) is 0 Å². The van der Waals surface area contributed by atoms with E-state index in [4.69, 9.17) is 0 Å². The number of hydrogen-bond acceptors (Lipinski definition) is 2. The first-order chi connectivity index (χ1) is 7.50. The molecule has 1 amide bonds. The Morgan fingerprint density at radius 3 is 2.38 bits per heavy atom. The molecule has 16 heavy (non-hydrogen) atoms. The van der Waals surface area contributed by atoms with Crippen molar-refractivity contribution < 1.29 is 4.79 Å². The Hall–Kier alpha value is -1.04. The summed E-state index contributed by atoms with van der Waals surface area (Å²) < 4.78 is 0. The minimum absolute atomic E-state index is 0.0376. The van der Waals surface area contributed by atoms with Crippen molar-refractivity contribution in [1.29, 1.82) is 5.26 Å².